The minimum atomic E-state index is -0.984. The molecule has 0 radical (unpaired) electrons. The lowest BCUT2D eigenvalue weighted by atomic mass is 10.3. The van der Waals surface area contributed by atoms with Crippen molar-refractivity contribution in [3.05, 3.63) is 23.9 Å². The number of carboxylic acids is 1. The molecular weight excluding hydrogens is 196 g/mol. The lowest BCUT2D eigenvalue weighted by molar-refractivity contribution is 0.0696. The van der Waals surface area contributed by atoms with Gasteiger partial charge in [0.1, 0.15) is 6.61 Å². The first-order chi connectivity index (χ1) is 7.09. The van der Waals surface area contributed by atoms with Crippen LogP contribution in [0.1, 0.15) is 10.4 Å². The third-order valence-electron chi connectivity index (χ3n) is 1.77. The lowest BCUT2D eigenvalue weighted by Crippen LogP contribution is -2.19. The van der Waals surface area contributed by atoms with E-state index in [1.165, 1.54) is 12.3 Å². The van der Waals surface area contributed by atoms with Gasteiger partial charge in [0, 0.05) is 18.8 Å². The van der Waals surface area contributed by atoms with Crippen molar-refractivity contribution in [2.75, 3.05) is 27.2 Å². The number of rotatable bonds is 5. The van der Waals surface area contributed by atoms with E-state index in [9.17, 15) is 4.79 Å². The number of pyridine rings is 1. The average molecular weight is 210 g/mol. The summed E-state index contributed by atoms with van der Waals surface area (Å²) in [6.07, 6.45) is 1.29. The van der Waals surface area contributed by atoms with E-state index in [0.29, 0.717) is 12.5 Å². The Kier molecular flexibility index (Phi) is 4.05. The normalized spacial score (nSPS) is 10.3. The third kappa shape index (κ3) is 3.95. The van der Waals surface area contributed by atoms with E-state index >= 15 is 0 Å². The second-order valence-electron chi connectivity index (χ2n) is 3.34. The van der Waals surface area contributed by atoms with Crippen LogP contribution in [0.15, 0.2) is 18.3 Å². The SMILES string of the molecule is CN(C)CCOc1ccc(C(=O)O)cn1. The van der Waals surface area contributed by atoms with E-state index in [4.69, 9.17) is 9.84 Å². The van der Waals surface area contributed by atoms with Crippen LogP contribution >= 0.6 is 0 Å². The van der Waals surface area contributed by atoms with E-state index in [2.05, 4.69) is 4.98 Å². The lowest BCUT2D eigenvalue weighted by Gasteiger charge is -2.10. The minimum Gasteiger partial charge on any atom is -0.478 e. The number of ether oxygens (including phenoxy) is 1. The van der Waals surface area contributed by atoms with Crippen LogP contribution in [0.25, 0.3) is 0 Å². The van der Waals surface area contributed by atoms with Gasteiger partial charge in [-0.2, -0.15) is 0 Å². The van der Waals surface area contributed by atoms with Crippen LogP contribution in [-0.2, 0) is 0 Å². The van der Waals surface area contributed by atoms with Gasteiger partial charge in [-0.25, -0.2) is 9.78 Å². The smallest absolute Gasteiger partial charge is 0.337 e. The Morgan fingerprint density at radius 2 is 2.27 bits per heavy atom. The molecule has 1 rings (SSSR count). The Bertz CT molecular complexity index is 322. The van der Waals surface area contributed by atoms with Crippen LogP contribution in [0.4, 0.5) is 0 Å². The first kappa shape index (κ1) is 11.5. The van der Waals surface area contributed by atoms with Gasteiger partial charge in [0.05, 0.1) is 5.56 Å². The molecule has 0 amide bonds. The molecule has 15 heavy (non-hydrogen) atoms. The molecule has 0 atom stereocenters. The van der Waals surface area contributed by atoms with Crippen LogP contribution in [0.3, 0.4) is 0 Å². The highest BCUT2D eigenvalue weighted by Gasteiger charge is 2.03. The number of likely N-dealkylation sites (N-methyl/N-ethyl adjacent to an activating group) is 1. The number of hydrogen-bond acceptors (Lipinski definition) is 4. The van der Waals surface area contributed by atoms with Crippen LogP contribution in [-0.4, -0.2) is 48.2 Å². The molecule has 5 nitrogen and oxygen atoms in total. The molecule has 82 valence electrons. The molecule has 0 fully saturated rings. The van der Waals surface area contributed by atoms with Crippen molar-refractivity contribution in [1.29, 1.82) is 0 Å². The predicted octanol–water partition coefficient (Wildman–Crippen LogP) is 0.720. The van der Waals surface area contributed by atoms with Gasteiger partial charge in [-0.05, 0) is 20.2 Å². The van der Waals surface area contributed by atoms with E-state index in [-0.39, 0.29) is 5.56 Å². The second-order valence-corrected chi connectivity index (χ2v) is 3.34. The van der Waals surface area contributed by atoms with Gasteiger partial charge in [0.25, 0.3) is 0 Å². The Morgan fingerprint density at radius 1 is 1.53 bits per heavy atom. The summed E-state index contributed by atoms with van der Waals surface area (Å²) < 4.78 is 5.31. The fourth-order valence-corrected chi connectivity index (χ4v) is 0.925. The first-order valence-corrected chi connectivity index (χ1v) is 4.56. The molecule has 0 saturated heterocycles. The molecule has 0 aliphatic rings. The number of carbonyl (C=O) groups is 1. The van der Waals surface area contributed by atoms with Gasteiger partial charge in [0.2, 0.25) is 5.88 Å². The summed E-state index contributed by atoms with van der Waals surface area (Å²) in [5, 5.41) is 8.64. The second kappa shape index (κ2) is 5.31. The van der Waals surface area contributed by atoms with Crippen molar-refractivity contribution in [3.8, 4) is 5.88 Å². The molecular formula is C10H14N2O3. The monoisotopic (exact) mass is 210 g/mol. The van der Waals surface area contributed by atoms with Crippen molar-refractivity contribution in [1.82, 2.24) is 9.88 Å². The van der Waals surface area contributed by atoms with E-state index in [0.717, 1.165) is 6.54 Å². The largest absolute Gasteiger partial charge is 0.478 e. The van der Waals surface area contributed by atoms with Gasteiger partial charge in [-0.3, -0.25) is 0 Å². The fraction of sp³-hybridized carbons (Fsp3) is 0.400. The molecule has 5 heteroatoms. The maximum Gasteiger partial charge on any atom is 0.337 e. The van der Waals surface area contributed by atoms with E-state index in [1.54, 1.807) is 6.07 Å². The molecule has 0 aliphatic heterocycles. The summed E-state index contributed by atoms with van der Waals surface area (Å²) in [7, 11) is 3.90. The molecule has 0 spiro atoms. The summed E-state index contributed by atoms with van der Waals surface area (Å²) in [5.74, 6) is -0.538. The number of hydrogen-bond donors (Lipinski definition) is 1. The van der Waals surface area contributed by atoms with Crippen LogP contribution in [0, 0.1) is 0 Å². The zero-order valence-electron chi connectivity index (χ0n) is 8.80. The standard InChI is InChI=1S/C10H14N2O3/c1-12(2)5-6-15-9-4-3-8(7-11-9)10(13)14/h3-4,7H,5-6H2,1-2H3,(H,13,14). The first-order valence-electron chi connectivity index (χ1n) is 4.56. The average Bonchev–Trinajstić information content (AvgIpc) is 2.18. The van der Waals surface area contributed by atoms with Crippen molar-refractivity contribution in [2.24, 2.45) is 0 Å². The summed E-state index contributed by atoms with van der Waals surface area (Å²) >= 11 is 0. The zero-order chi connectivity index (χ0) is 11.3. The molecule has 1 heterocycles. The van der Waals surface area contributed by atoms with Crippen LogP contribution in [0.2, 0.25) is 0 Å². The maximum atomic E-state index is 10.5. The van der Waals surface area contributed by atoms with Crippen LogP contribution in [0.5, 0.6) is 5.88 Å². The van der Waals surface area contributed by atoms with Gasteiger partial charge < -0.3 is 14.7 Å². The Balaban J connectivity index is 2.46. The van der Waals surface area contributed by atoms with Gasteiger partial charge in [0.15, 0.2) is 0 Å². The maximum absolute atomic E-state index is 10.5. The molecule has 0 aliphatic carbocycles. The number of aromatic carboxylic acids is 1. The van der Waals surface area contributed by atoms with Crippen molar-refractivity contribution in [3.63, 3.8) is 0 Å². The van der Waals surface area contributed by atoms with E-state index in [1.807, 2.05) is 19.0 Å². The number of aromatic nitrogens is 1. The molecule has 1 aromatic rings. The quantitative estimate of drug-likeness (QED) is 0.775. The molecule has 0 bridgehead atoms. The highest BCUT2D eigenvalue weighted by atomic mass is 16.5. The van der Waals surface area contributed by atoms with Crippen molar-refractivity contribution in [2.45, 2.75) is 0 Å². The zero-order valence-corrected chi connectivity index (χ0v) is 8.80. The fourth-order valence-electron chi connectivity index (χ4n) is 0.925. The summed E-state index contributed by atoms with van der Waals surface area (Å²) in [5.41, 5.74) is 0.162. The number of carboxylic acid groups (broad SMARTS) is 1. The van der Waals surface area contributed by atoms with E-state index < -0.39 is 5.97 Å². The summed E-state index contributed by atoms with van der Waals surface area (Å²) in [4.78, 5) is 16.4. The highest BCUT2D eigenvalue weighted by molar-refractivity contribution is 5.87. The van der Waals surface area contributed by atoms with Crippen molar-refractivity contribution < 1.29 is 14.6 Å². The molecule has 0 saturated carbocycles. The summed E-state index contributed by atoms with van der Waals surface area (Å²) in [6.45, 7) is 1.33. The molecule has 0 unspecified atom stereocenters. The van der Waals surface area contributed by atoms with Crippen molar-refractivity contribution >= 4 is 5.97 Å². The van der Waals surface area contributed by atoms with Crippen LogP contribution < -0.4 is 4.74 Å². The summed E-state index contributed by atoms with van der Waals surface area (Å²) in [6, 6.07) is 3.03. The highest BCUT2D eigenvalue weighted by Crippen LogP contribution is 2.07. The Labute approximate surface area is 88.3 Å². The Hall–Kier alpha value is -1.62. The molecule has 1 aromatic heterocycles. The third-order valence-corrected chi connectivity index (χ3v) is 1.77. The molecule has 1 N–H and O–H groups in total. The topological polar surface area (TPSA) is 62.7 Å². The number of nitrogens with zero attached hydrogens (tertiary/aromatic N) is 2. The predicted molar refractivity (Wildman–Crippen MR) is 55.2 cm³/mol. The van der Waals surface area contributed by atoms with Gasteiger partial charge in [-0.15, -0.1) is 0 Å². The van der Waals surface area contributed by atoms with Gasteiger partial charge >= 0.3 is 5.97 Å². The molecule has 0 aromatic carbocycles. The van der Waals surface area contributed by atoms with Gasteiger partial charge in [-0.1, -0.05) is 0 Å². The Morgan fingerprint density at radius 3 is 2.73 bits per heavy atom. The minimum absolute atomic E-state index is 0.162.